The number of hydrogen-bond donors (Lipinski definition) is 2. The van der Waals surface area contributed by atoms with Crippen LogP contribution in [0.25, 0.3) is 0 Å². The molecule has 1 aliphatic rings. The van der Waals surface area contributed by atoms with Gasteiger partial charge in [0.15, 0.2) is 0 Å². The molecule has 1 fully saturated rings. The van der Waals surface area contributed by atoms with Gasteiger partial charge in [0.1, 0.15) is 18.9 Å². The normalized spacial score (nSPS) is 14.6. The first-order chi connectivity index (χ1) is 13.6. The average molecular weight is 407 g/mol. The summed E-state index contributed by atoms with van der Waals surface area (Å²) in [7, 11) is 0. The minimum atomic E-state index is -0.304. The Morgan fingerprint density at radius 2 is 1.96 bits per heavy atom. The zero-order valence-corrected chi connectivity index (χ0v) is 16.6. The van der Waals surface area contributed by atoms with Crippen LogP contribution in [0.3, 0.4) is 0 Å². The van der Waals surface area contributed by atoms with Crippen LogP contribution in [-0.2, 0) is 11.3 Å². The average Bonchev–Trinajstić information content (AvgIpc) is 2.69. The summed E-state index contributed by atoms with van der Waals surface area (Å²) in [6.07, 6.45) is 0.840. The van der Waals surface area contributed by atoms with Crippen molar-refractivity contribution in [2.45, 2.75) is 13.0 Å². The van der Waals surface area contributed by atoms with Crippen LogP contribution in [0.5, 0.6) is 0 Å². The fraction of sp³-hybridized carbons (Fsp3) is 0.381. The Kier molecular flexibility index (Phi) is 7.65. The summed E-state index contributed by atoms with van der Waals surface area (Å²) in [5.41, 5.74) is 1.12. The highest BCUT2D eigenvalue weighted by Crippen LogP contribution is 2.17. The van der Waals surface area contributed by atoms with Crippen molar-refractivity contribution in [3.63, 3.8) is 0 Å². The van der Waals surface area contributed by atoms with Crippen molar-refractivity contribution in [2.75, 3.05) is 44.7 Å². The predicted octanol–water partition coefficient (Wildman–Crippen LogP) is 2.82. The first-order valence-electron chi connectivity index (χ1n) is 9.58. The molecule has 7 heteroatoms. The molecule has 1 heterocycles. The number of amides is 2. The van der Waals surface area contributed by atoms with E-state index >= 15 is 0 Å². The molecule has 2 aromatic carbocycles. The molecule has 0 unspecified atom stereocenters. The van der Waals surface area contributed by atoms with E-state index in [9.17, 15) is 9.18 Å². The standard InChI is InChI=1S/C21H25ClFN3O2/c22-18-6-3-7-19(15-18)24-21(27)26(16-17-5-1-2-8-20(17)23)10-4-9-25-11-13-28-14-12-25/h1-3,5-8,15H,4,9-14,16H2,(H,24,27)/p+1. The van der Waals surface area contributed by atoms with Crippen molar-refractivity contribution < 1.29 is 18.8 Å². The smallest absolute Gasteiger partial charge is 0.322 e. The summed E-state index contributed by atoms with van der Waals surface area (Å²) in [6.45, 7) is 5.27. The molecule has 2 amide bonds. The molecule has 0 aliphatic carbocycles. The molecule has 0 atom stereocenters. The molecule has 5 nitrogen and oxygen atoms in total. The second-order valence-corrected chi connectivity index (χ2v) is 7.36. The summed E-state index contributed by atoms with van der Waals surface area (Å²) in [4.78, 5) is 16.0. The fourth-order valence-corrected chi connectivity index (χ4v) is 3.47. The molecule has 0 saturated carbocycles. The number of benzene rings is 2. The van der Waals surface area contributed by atoms with Gasteiger partial charge in [-0.1, -0.05) is 35.9 Å². The van der Waals surface area contributed by atoms with Crippen molar-refractivity contribution in [2.24, 2.45) is 0 Å². The van der Waals surface area contributed by atoms with Gasteiger partial charge in [0.2, 0.25) is 0 Å². The van der Waals surface area contributed by atoms with Crippen LogP contribution in [0, 0.1) is 5.82 Å². The molecule has 0 aromatic heterocycles. The third kappa shape index (κ3) is 6.19. The van der Waals surface area contributed by atoms with E-state index in [2.05, 4.69) is 5.32 Å². The van der Waals surface area contributed by atoms with Crippen LogP contribution in [0.2, 0.25) is 5.02 Å². The van der Waals surface area contributed by atoms with Crippen molar-refractivity contribution in [1.29, 1.82) is 0 Å². The molecule has 2 N–H and O–H groups in total. The Labute approximate surface area is 170 Å². The second-order valence-electron chi connectivity index (χ2n) is 6.92. The van der Waals surface area contributed by atoms with E-state index in [4.69, 9.17) is 16.3 Å². The highest BCUT2D eigenvalue weighted by atomic mass is 35.5. The molecular weight excluding hydrogens is 381 g/mol. The Balaban J connectivity index is 1.64. The number of nitrogens with zero attached hydrogens (tertiary/aromatic N) is 1. The number of rotatable bonds is 7. The van der Waals surface area contributed by atoms with Gasteiger partial charge in [-0.2, -0.15) is 0 Å². The van der Waals surface area contributed by atoms with Crippen LogP contribution in [0.1, 0.15) is 12.0 Å². The summed E-state index contributed by atoms with van der Waals surface area (Å²) < 4.78 is 19.5. The fourth-order valence-electron chi connectivity index (χ4n) is 3.28. The minimum Gasteiger partial charge on any atom is -0.370 e. The van der Waals surface area contributed by atoms with E-state index in [1.165, 1.54) is 11.0 Å². The number of carbonyl (C=O) groups excluding carboxylic acids is 1. The maximum Gasteiger partial charge on any atom is 0.322 e. The van der Waals surface area contributed by atoms with Gasteiger partial charge >= 0.3 is 6.03 Å². The lowest BCUT2D eigenvalue weighted by Crippen LogP contribution is -3.14. The zero-order chi connectivity index (χ0) is 19.8. The van der Waals surface area contributed by atoms with Crippen molar-refractivity contribution >= 4 is 23.3 Å². The SMILES string of the molecule is O=C(Nc1cccc(Cl)c1)N(CCC[NH+]1CCOCC1)Cc1ccccc1F. The monoisotopic (exact) mass is 406 g/mol. The van der Waals surface area contributed by atoms with E-state index in [0.29, 0.717) is 22.8 Å². The van der Waals surface area contributed by atoms with Gasteiger partial charge in [0.05, 0.1) is 26.3 Å². The Morgan fingerprint density at radius 3 is 2.71 bits per heavy atom. The van der Waals surface area contributed by atoms with Gasteiger partial charge in [0.25, 0.3) is 0 Å². The topological polar surface area (TPSA) is 46.0 Å². The summed E-state index contributed by atoms with van der Waals surface area (Å²) in [5.74, 6) is -0.304. The van der Waals surface area contributed by atoms with E-state index in [1.807, 2.05) is 0 Å². The van der Waals surface area contributed by atoms with Gasteiger partial charge < -0.3 is 19.9 Å². The molecule has 2 aromatic rings. The quantitative estimate of drug-likeness (QED) is 0.742. The molecular formula is C21H26ClFN3O2+. The van der Waals surface area contributed by atoms with E-state index < -0.39 is 0 Å². The number of halogens is 2. The zero-order valence-electron chi connectivity index (χ0n) is 15.8. The van der Waals surface area contributed by atoms with Crippen molar-refractivity contribution in [3.8, 4) is 0 Å². The van der Waals surface area contributed by atoms with Crippen LogP contribution in [0.4, 0.5) is 14.9 Å². The number of carbonyl (C=O) groups is 1. The van der Waals surface area contributed by atoms with Crippen LogP contribution < -0.4 is 10.2 Å². The Bertz CT molecular complexity index is 784. The van der Waals surface area contributed by atoms with Gasteiger partial charge in [-0.3, -0.25) is 0 Å². The number of quaternary nitrogens is 1. The second kappa shape index (κ2) is 10.4. The summed E-state index contributed by atoms with van der Waals surface area (Å²) in [5, 5.41) is 3.41. The molecule has 0 spiro atoms. The van der Waals surface area contributed by atoms with Crippen LogP contribution >= 0.6 is 11.6 Å². The third-order valence-corrected chi connectivity index (χ3v) is 5.08. The van der Waals surface area contributed by atoms with Crippen molar-refractivity contribution in [1.82, 2.24) is 4.90 Å². The highest BCUT2D eigenvalue weighted by molar-refractivity contribution is 6.30. The molecule has 1 aliphatic heterocycles. The maximum atomic E-state index is 14.1. The lowest BCUT2D eigenvalue weighted by Gasteiger charge is -2.26. The van der Waals surface area contributed by atoms with Gasteiger partial charge in [-0.05, 0) is 24.3 Å². The highest BCUT2D eigenvalue weighted by Gasteiger charge is 2.18. The first kappa shape index (κ1) is 20.6. The first-order valence-corrected chi connectivity index (χ1v) is 9.96. The van der Waals surface area contributed by atoms with Gasteiger partial charge in [0, 0.05) is 29.2 Å². The largest absolute Gasteiger partial charge is 0.370 e. The van der Waals surface area contributed by atoms with Gasteiger partial charge in [-0.15, -0.1) is 0 Å². The van der Waals surface area contributed by atoms with Gasteiger partial charge in [-0.25, -0.2) is 9.18 Å². The predicted molar refractivity (Wildman–Crippen MR) is 108 cm³/mol. The van der Waals surface area contributed by atoms with E-state index in [-0.39, 0.29) is 18.4 Å². The van der Waals surface area contributed by atoms with E-state index in [1.54, 1.807) is 47.4 Å². The summed E-state index contributed by atoms with van der Waals surface area (Å²) in [6, 6.07) is 13.3. The third-order valence-electron chi connectivity index (χ3n) is 4.84. The number of nitrogens with one attached hydrogen (secondary N) is 2. The number of ether oxygens (including phenoxy) is 1. The number of morpholine rings is 1. The molecule has 0 radical (unpaired) electrons. The van der Waals surface area contributed by atoms with Crippen LogP contribution in [0.15, 0.2) is 48.5 Å². The van der Waals surface area contributed by atoms with Crippen LogP contribution in [-0.4, -0.2) is 50.3 Å². The summed E-state index contributed by atoms with van der Waals surface area (Å²) >= 11 is 6.00. The number of hydrogen-bond acceptors (Lipinski definition) is 2. The number of urea groups is 1. The maximum absolute atomic E-state index is 14.1. The minimum absolute atomic E-state index is 0.220. The molecule has 3 rings (SSSR count). The Morgan fingerprint density at radius 1 is 1.18 bits per heavy atom. The molecule has 1 saturated heterocycles. The number of anilines is 1. The van der Waals surface area contributed by atoms with Crippen molar-refractivity contribution in [3.05, 3.63) is 64.9 Å². The molecule has 28 heavy (non-hydrogen) atoms. The molecule has 150 valence electrons. The van der Waals surface area contributed by atoms with E-state index in [0.717, 1.165) is 39.3 Å². The lowest BCUT2D eigenvalue weighted by molar-refractivity contribution is -0.908. The Hall–Kier alpha value is -2.15. The lowest BCUT2D eigenvalue weighted by atomic mass is 10.2. The molecule has 0 bridgehead atoms.